The molecule has 0 unspecified atom stereocenters. The van der Waals surface area contributed by atoms with Gasteiger partial charge in [-0.25, -0.2) is 0 Å². The van der Waals surface area contributed by atoms with Crippen LogP contribution in [-0.4, -0.2) is 23.1 Å². The van der Waals surface area contributed by atoms with E-state index < -0.39 is 28.5 Å². The smallest absolute Gasteiger partial charge is 0.226 e. The zero-order valence-electron chi connectivity index (χ0n) is 15.0. The van der Waals surface area contributed by atoms with Crippen LogP contribution in [0.5, 0.6) is 0 Å². The predicted octanol–water partition coefficient (Wildman–Crippen LogP) is 3.28. The van der Waals surface area contributed by atoms with Crippen LogP contribution in [0.3, 0.4) is 0 Å². The molecule has 0 spiro atoms. The van der Waals surface area contributed by atoms with Crippen LogP contribution >= 0.6 is 0 Å². The Hall–Kier alpha value is -3.14. The first kappa shape index (κ1) is 19.2. The predicted molar refractivity (Wildman–Crippen MR) is 99.4 cm³/mol. The van der Waals surface area contributed by atoms with Gasteiger partial charge in [0, 0.05) is 5.41 Å². The third-order valence-electron chi connectivity index (χ3n) is 4.27. The molecule has 0 fully saturated rings. The molecule has 4 nitrogen and oxygen atoms in total. The lowest BCUT2D eigenvalue weighted by molar-refractivity contribution is -0.131. The molecule has 0 aromatic heterocycles. The van der Waals surface area contributed by atoms with Gasteiger partial charge in [0.25, 0.3) is 0 Å². The van der Waals surface area contributed by atoms with Crippen molar-refractivity contribution in [1.29, 1.82) is 0 Å². The van der Waals surface area contributed by atoms with Crippen LogP contribution in [0.15, 0.2) is 77.9 Å². The first-order chi connectivity index (χ1) is 12.2. The summed E-state index contributed by atoms with van der Waals surface area (Å²) in [7, 11) is 0. The number of benzene rings is 1. The lowest BCUT2D eigenvalue weighted by Gasteiger charge is -2.29. The van der Waals surface area contributed by atoms with Gasteiger partial charge in [-0.3, -0.25) is 19.2 Å². The van der Waals surface area contributed by atoms with E-state index in [-0.39, 0.29) is 0 Å². The normalized spacial score (nSPS) is 16.7. The summed E-state index contributed by atoms with van der Waals surface area (Å²) in [4.78, 5) is 45.1. The SMILES string of the molecule is CC(C)(C1=CC(=O)C(=O)C=C1)C1=CC(=O)C(=O)C=C1.Cc1ccccc1. The second kappa shape index (κ2) is 7.83. The Balaban J connectivity index is 0.000000290. The van der Waals surface area contributed by atoms with Gasteiger partial charge in [0.15, 0.2) is 0 Å². The summed E-state index contributed by atoms with van der Waals surface area (Å²) in [6.45, 7) is 5.73. The van der Waals surface area contributed by atoms with Crippen LogP contribution in [0.4, 0.5) is 0 Å². The molecule has 0 aliphatic heterocycles. The molecule has 0 saturated carbocycles. The van der Waals surface area contributed by atoms with Gasteiger partial charge in [-0.2, -0.15) is 0 Å². The molecule has 2 aliphatic rings. The lowest BCUT2D eigenvalue weighted by Crippen LogP contribution is -2.24. The Morgan fingerprint density at radius 3 is 1.35 bits per heavy atom. The van der Waals surface area contributed by atoms with Crippen molar-refractivity contribution in [1.82, 2.24) is 0 Å². The standard InChI is InChI=1S/C15H12O4.C7H8/c1-15(2,9-3-5-11(16)13(18)7-9)10-4-6-12(17)14(19)8-10;1-7-5-3-2-4-6-7/h3-8H,1-2H3;2-6H,1H3. The molecule has 0 N–H and O–H groups in total. The molecule has 0 radical (unpaired) electrons. The molecule has 4 heteroatoms. The minimum Gasteiger partial charge on any atom is -0.286 e. The zero-order chi connectivity index (χ0) is 19.3. The molecule has 0 amide bonds. The third kappa shape index (κ3) is 4.48. The molecule has 1 aromatic rings. The Labute approximate surface area is 152 Å². The second-order valence-electron chi connectivity index (χ2n) is 6.60. The van der Waals surface area contributed by atoms with Crippen LogP contribution in [0.2, 0.25) is 0 Å². The Kier molecular flexibility index (Phi) is 5.78. The molecule has 0 heterocycles. The van der Waals surface area contributed by atoms with Crippen LogP contribution in [-0.2, 0) is 19.2 Å². The second-order valence-corrected chi connectivity index (χ2v) is 6.60. The van der Waals surface area contributed by atoms with Gasteiger partial charge in [0.05, 0.1) is 0 Å². The van der Waals surface area contributed by atoms with Gasteiger partial charge >= 0.3 is 0 Å². The average Bonchev–Trinajstić information content (AvgIpc) is 2.60. The van der Waals surface area contributed by atoms with E-state index in [0.29, 0.717) is 11.1 Å². The first-order valence-corrected chi connectivity index (χ1v) is 8.20. The van der Waals surface area contributed by atoms with E-state index in [0.717, 1.165) is 0 Å². The summed E-state index contributed by atoms with van der Waals surface area (Å²) < 4.78 is 0. The molecule has 1 aromatic carbocycles. The maximum absolute atomic E-state index is 11.4. The van der Waals surface area contributed by atoms with Gasteiger partial charge in [-0.15, -0.1) is 0 Å². The minimum atomic E-state index is -0.625. The highest BCUT2D eigenvalue weighted by atomic mass is 16.2. The van der Waals surface area contributed by atoms with Crippen molar-refractivity contribution in [3.8, 4) is 0 Å². The summed E-state index contributed by atoms with van der Waals surface area (Å²) in [5, 5.41) is 0. The number of ketones is 4. The molecule has 26 heavy (non-hydrogen) atoms. The van der Waals surface area contributed by atoms with Crippen molar-refractivity contribution in [2.24, 2.45) is 5.41 Å². The van der Waals surface area contributed by atoms with E-state index in [1.165, 1.54) is 29.9 Å². The maximum Gasteiger partial charge on any atom is 0.226 e. The van der Waals surface area contributed by atoms with Crippen molar-refractivity contribution in [3.63, 3.8) is 0 Å². The molecule has 0 bridgehead atoms. The monoisotopic (exact) mass is 348 g/mol. The van der Waals surface area contributed by atoms with Crippen LogP contribution in [0.1, 0.15) is 19.4 Å². The average molecular weight is 348 g/mol. The number of hydrogen-bond acceptors (Lipinski definition) is 4. The Morgan fingerprint density at radius 1 is 0.615 bits per heavy atom. The van der Waals surface area contributed by atoms with Gasteiger partial charge in [-0.05, 0) is 42.4 Å². The van der Waals surface area contributed by atoms with E-state index in [1.54, 1.807) is 12.2 Å². The van der Waals surface area contributed by atoms with E-state index in [2.05, 4.69) is 19.1 Å². The fourth-order valence-corrected chi connectivity index (χ4v) is 2.49. The number of hydrogen-bond donors (Lipinski definition) is 0. The minimum absolute atomic E-state index is 0.557. The van der Waals surface area contributed by atoms with Gasteiger partial charge in [0.1, 0.15) is 0 Å². The maximum atomic E-state index is 11.4. The highest BCUT2D eigenvalue weighted by Gasteiger charge is 2.31. The van der Waals surface area contributed by atoms with Crippen molar-refractivity contribution in [2.45, 2.75) is 20.8 Å². The largest absolute Gasteiger partial charge is 0.286 e. The molecule has 0 saturated heterocycles. The molecule has 2 aliphatic carbocycles. The van der Waals surface area contributed by atoms with Crippen molar-refractivity contribution >= 4 is 23.1 Å². The number of carbonyl (C=O) groups is 4. The number of allylic oxidation sites excluding steroid dienone is 8. The first-order valence-electron chi connectivity index (χ1n) is 8.20. The van der Waals surface area contributed by atoms with E-state index >= 15 is 0 Å². The van der Waals surface area contributed by atoms with E-state index in [4.69, 9.17) is 0 Å². The van der Waals surface area contributed by atoms with Crippen LogP contribution in [0.25, 0.3) is 0 Å². The number of aryl methyl sites for hydroxylation is 1. The van der Waals surface area contributed by atoms with Crippen LogP contribution < -0.4 is 0 Å². The number of rotatable bonds is 2. The van der Waals surface area contributed by atoms with Gasteiger partial charge in [-0.1, -0.05) is 61.9 Å². The van der Waals surface area contributed by atoms with Gasteiger partial charge < -0.3 is 0 Å². The molecule has 0 atom stereocenters. The highest BCUT2D eigenvalue weighted by molar-refractivity contribution is 6.47. The third-order valence-corrected chi connectivity index (χ3v) is 4.27. The summed E-state index contributed by atoms with van der Waals surface area (Å²) in [5.41, 5.74) is 1.97. The Bertz CT molecular complexity index is 824. The molecular weight excluding hydrogens is 328 g/mol. The van der Waals surface area contributed by atoms with E-state index in [9.17, 15) is 19.2 Å². The van der Waals surface area contributed by atoms with Crippen LogP contribution in [0, 0.1) is 12.3 Å². The molecule has 132 valence electrons. The quantitative estimate of drug-likeness (QED) is 0.608. The summed E-state index contributed by atoms with van der Waals surface area (Å²) in [6, 6.07) is 10.3. The van der Waals surface area contributed by atoms with Crippen molar-refractivity contribution in [3.05, 3.63) is 83.5 Å². The lowest BCUT2D eigenvalue weighted by atomic mass is 9.73. The summed E-state index contributed by atoms with van der Waals surface area (Å²) in [6.07, 6.45) is 8.13. The zero-order valence-corrected chi connectivity index (χ0v) is 15.0. The van der Waals surface area contributed by atoms with Gasteiger partial charge in [0.2, 0.25) is 23.1 Å². The summed E-state index contributed by atoms with van der Waals surface area (Å²) >= 11 is 0. The fraction of sp³-hybridized carbons (Fsp3) is 0.182. The van der Waals surface area contributed by atoms with E-state index in [1.807, 2.05) is 32.0 Å². The fourth-order valence-electron chi connectivity index (χ4n) is 2.49. The summed E-state index contributed by atoms with van der Waals surface area (Å²) in [5.74, 6) is -2.26. The highest BCUT2D eigenvalue weighted by Crippen LogP contribution is 2.38. The topological polar surface area (TPSA) is 68.3 Å². The van der Waals surface area contributed by atoms with Crippen molar-refractivity contribution in [2.75, 3.05) is 0 Å². The molecule has 3 rings (SSSR count). The van der Waals surface area contributed by atoms with Crippen molar-refractivity contribution < 1.29 is 19.2 Å². The Morgan fingerprint density at radius 2 is 1.04 bits per heavy atom. The number of carbonyl (C=O) groups excluding carboxylic acids is 4. The molecular formula is C22H20O4.